The zero-order chi connectivity index (χ0) is 22.2. The number of benzene rings is 1. The van der Waals surface area contributed by atoms with E-state index in [0.29, 0.717) is 37.3 Å². The lowest BCUT2D eigenvalue weighted by Gasteiger charge is -2.12. The van der Waals surface area contributed by atoms with E-state index >= 15 is 0 Å². The van der Waals surface area contributed by atoms with Gasteiger partial charge in [0.05, 0.1) is 12.3 Å². The van der Waals surface area contributed by atoms with Crippen molar-refractivity contribution < 1.29 is 33.8 Å². The van der Waals surface area contributed by atoms with Crippen LogP contribution in [0.5, 0.6) is 5.75 Å². The van der Waals surface area contributed by atoms with Gasteiger partial charge in [-0.1, -0.05) is 44.2 Å². The summed E-state index contributed by atoms with van der Waals surface area (Å²) in [5, 5.41) is 11.4. The molecule has 1 amide bonds. The van der Waals surface area contributed by atoms with Gasteiger partial charge in [0.2, 0.25) is 5.91 Å². The second-order valence-corrected chi connectivity index (χ2v) is 9.13. The molecule has 1 aromatic carbocycles. The van der Waals surface area contributed by atoms with Crippen LogP contribution in [0.2, 0.25) is 0 Å². The van der Waals surface area contributed by atoms with Crippen LogP contribution in [-0.2, 0) is 14.2 Å². The summed E-state index contributed by atoms with van der Waals surface area (Å²) in [5.41, 5.74) is 0.593. The molecule has 0 aliphatic rings. The average molecular weight is 443 g/mol. The summed E-state index contributed by atoms with van der Waals surface area (Å²) in [5.74, 6) is -0.273. The lowest BCUT2D eigenvalue weighted by molar-refractivity contribution is -0.137. The Hall–Kier alpha value is -1.89. The minimum absolute atomic E-state index is 0.0750. The number of nitrogens with one attached hydrogen (secondary N) is 1. The molecule has 0 aliphatic heterocycles. The fourth-order valence-corrected chi connectivity index (χ4v) is 3.59. The number of hydrogen-bond donors (Lipinski definition) is 4. The quantitative estimate of drug-likeness (QED) is 0.205. The minimum Gasteiger partial charge on any atom is -0.491 e. The normalized spacial score (nSPS) is 11.3. The molecule has 0 bridgehead atoms. The van der Waals surface area contributed by atoms with E-state index in [1.807, 2.05) is 0 Å². The van der Waals surface area contributed by atoms with Crippen LogP contribution in [0, 0.1) is 0 Å². The van der Waals surface area contributed by atoms with Gasteiger partial charge in [0, 0.05) is 19.0 Å². The molecule has 0 unspecified atom stereocenters. The summed E-state index contributed by atoms with van der Waals surface area (Å²) in [6.45, 7) is 0.319. The Bertz CT molecular complexity index is 690. The number of ether oxygens (including phenoxy) is 1. The van der Waals surface area contributed by atoms with E-state index < -0.39 is 13.6 Å². The molecule has 1 rings (SSSR count). The largest absolute Gasteiger partial charge is 0.491 e. The molecular formula is C21H34NO7P. The van der Waals surface area contributed by atoms with E-state index in [2.05, 4.69) is 5.32 Å². The van der Waals surface area contributed by atoms with Gasteiger partial charge in [-0.05, 0) is 37.8 Å². The Balaban J connectivity index is 2.19. The molecule has 0 heterocycles. The van der Waals surface area contributed by atoms with Gasteiger partial charge in [0.25, 0.3) is 0 Å². The molecule has 30 heavy (non-hydrogen) atoms. The highest BCUT2D eigenvalue weighted by Crippen LogP contribution is 2.35. The van der Waals surface area contributed by atoms with Gasteiger partial charge in [-0.3, -0.25) is 14.2 Å². The third-order valence-corrected chi connectivity index (χ3v) is 5.46. The van der Waals surface area contributed by atoms with Crippen molar-refractivity contribution in [3.05, 3.63) is 24.3 Å². The van der Waals surface area contributed by atoms with Gasteiger partial charge in [0.1, 0.15) is 5.75 Å². The summed E-state index contributed by atoms with van der Waals surface area (Å²) in [7, 11) is -3.97. The molecule has 0 radical (unpaired) electrons. The van der Waals surface area contributed by atoms with Crippen LogP contribution < -0.4 is 10.1 Å². The second kappa shape index (κ2) is 15.0. The molecule has 4 N–H and O–H groups in total. The second-order valence-electron chi connectivity index (χ2n) is 7.36. The zero-order valence-electron chi connectivity index (χ0n) is 17.4. The molecule has 0 fully saturated rings. The van der Waals surface area contributed by atoms with E-state index in [1.165, 1.54) is 0 Å². The van der Waals surface area contributed by atoms with E-state index in [0.717, 1.165) is 44.9 Å². The van der Waals surface area contributed by atoms with Gasteiger partial charge >= 0.3 is 13.6 Å². The van der Waals surface area contributed by atoms with E-state index in [4.69, 9.17) is 19.6 Å². The van der Waals surface area contributed by atoms with Crippen molar-refractivity contribution >= 4 is 25.2 Å². The molecule has 1 aromatic rings. The summed E-state index contributed by atoms with van der Waals surface area (Å²) >= 11 is 0. The van der Waals surface area contributed by atoms with Crippen LogP contribution in [0.15, 0.2) is 24.3 Å². The van der Waals surface area contributed by atoms with Crippen LogP contribution in [0.4, 0.5) is 5.69 Å². The number of aliphatic carboxylic acids is 1. The molecule has 8 nitrogen and oxygen atoms in total. The van der Waals surface area contributed by atoms with Crippen molar-refractivity contribution in [3.63, 3.8) is 0 Å². The summed E-state index contributed by atoms with van der Waals surface area (Å²) in [6, 6.07) is 7.13. The van der Waals surface area contributed by atoms with Crippen LogP contribution in [0.3, 0.4) is 0 Å². The van der Waals surface area contributed by atoms with Crippen molar-refractivity contribution in [3.8, 4) is 5.75 Å². The Morgan fingerprint density at radius 2 is 1.47 bits per heavy atom. The first kappa shape index (κ1) is 26.1. The number of amides is 1. The lowest BCUT2D eigenvalue weighted by Crippen LogP contribution is -2.12. The van der Waals surface area contributed by atoms with Crippen molar-refractivity contribution in [1.29, 1.82) is 0 Å². The number of rotatable bonds is 17. The predicted octanol–water partition coefficient (Wildman–Crippen LogP) is 4.56. The first-order valence-electron chi connectivity index (χ1n) is 10.6. The number of carboxylic acid groups (broad SMARTS) is 1. The van der Waals surface area contributed by atoms with E-state index in [1.54, 1.807) is 24.3 Å². The number of carbonyl (C=O) groups excluding carboxylic acids is 1. The van der Waals surface area contributed by atoms with E-state index in [9.17, 15) is 14.2 Å². The predicted molar refractivity (Wildman–Crippen MR) is 116 cm³/mol. The number of carboxylic acids is 1. The Labute approximate surface area is 178 Å². The molecule has 0 saturated carbocycles. The smallest absolute Gasteiger partial charge is 0.325 e. The highest BCUT2D eigenvalue weighted by atomic mass is 31.2. The van der Waals surface area contributed by atoms with Crippen molar-refractivity contribution in [2.24, 2.45) is 0 Å². The fourth-order valence-electron chi connectivity index (χ4n) is 2.96. The van der Waals surface area contributed by atoms with Gasteiger partial charge in [-0.25, -0.2) is 0 Å². The Morgan fingerprint density at radius 3 is 2.10 bits per heavy atom. The molecule has 0 aliphatic carbocycles. The maximum absolute atomic E-state index is 12.2. The first-order valence-corrected chi connectivity index (χ1v) is 12.4. The van der Waals surface area contributed by atoms with Crippen molar-refractivity contribution in [2.45, 2.75) is 70.6 Å². The van der Waals surface area contributed by atoms with Gasteiger partial charge in [-0.2, -0.15) is 0 Å². The summed E-state index contributed by atoms with van der Waals surface area (Å²) in [6.07, 6.45) is 7.93. The van der Waals surface area contributed by atoms with E-state index in [-0.39, 0.29) is 18.5 Å². The average Bonchev–Trinajstić information content (AvgIpc) is 2.66. The maximum Gasteiger partial charge on any atom is 0.325 e. The Kier molecular flexibility index (Phi) is 13.1. The summed E-state index contributed by atoms with van der Waals surface area (Å²) < 4.78 is 16.5. The number of anilines is 1. The first-order chi connectivity index (χ1) is 14.3. The lowest BCUT2D eigenvalue weighted by atomic mass is 10.1. The van der Waals surface area contributed by atoms with Crippen molar-refractivity contribution in [2.75, 3.05) is 18.1 Å². The topological polar surface area (TPSA) is 133 Å². The molecule has 0 aromatic heterocycles. The molecule has 9 heteroatoms. The van der Waals surface area contributed by atoms with Crippen LogP contribution >= 0.6 is 7.60 Å². The fraction of sp³-hybridized carbons (Fsp3) is 0.619. The SMILES string of the molecule is O=C(O)CCCCCCCCCC(=O)Nc1ccccc1OCCCCP(=O)(O)O. The van der Waals surface area contributed by atoms with Crippen molar-refractivity contribution in [1.82, 2.24) is 0 Å². The molecule has 0 spiro atoms. The molecule has 0 atom stereocenters. The molecular weight excluding hydrogens is 409 g/mol. The third kappa shape index (κ3) is 14.1. The number of hydrogen-bond acceptors (Lipinski definition) is 4. The highest BCUT2D eigenvalue weighted by molar-refractivity contribution is 7.51. The highest BCUT2D eigenvalue weighted by Gasteiger charge is 2.12. The van der Waals surface area contributed by atoms with Gasteiger partial charge < -0.3 is 24.9 Å². The van der Waals surface area contributed by atoms with Gasteiger partial charge in [0.15, 0.2) is 0 Å². The number of carbonyl (C=O) groups is 2. The monoisotopic (exact) mass is 443 g/mol. The number of unbranched alkanes of at least 4 members (excludes halogenated alkanes) is 7. The van der Waals surface area contributed by atoms with Crippen LogP contribution in [-0.4, -0.2) is 39.5 Å². The standard InChI is InChI=1S/C21H34NO7P/c23-20(14-6-4-2-1-3-5-7-15-21(24)25)22-18-12-8-9-13-19(18)29-16-10-11-17-30(26,27)28/h8-9,12-13H,1-7,10-11,14-17H2,(H,22,23)(H,24,25)(H2,26,27,28). The Morgan fingerprint density at radius 1 is 0.867 bits per heavy atom. The van der Waals surface area contributed by atoms with Crippen LogP contribution in [0.25, 0.3) is 0 Å². The van der Waals surface area contributed by atoms with Gasteiger partial charge in [-0.15, -0.1) is 0 Å². The zero-order valence-corrected chi connectivity index (χ0v) is 18.3. The van der Waals surface area contributed by atoms with Crippen LogP contribution in [0.1, 0.15) is 70.6 Å². The maximum atomic E-state index is 12.2. The molecule has 0 saturated heterocycles. The minimum atomic E-state index is -3.97. The summed E-state index contributed by atoms with van der Waals surface area (Å²) in [4.78, 5) is 40.3. The number of para-hydroxylation sites is 2. The molecule has 170 valence electrons. The third-order valence-electron chi connectivity index (χ3n) is 4.56.